The van der Waals surface area contributed by atoms with Gasteiger partial charge in [0.2, 0.25) is 0 Å². The molecule has 0 atom stereocenters. The summed E-state index contributed by atoms with van der Waals surface area (Å²) in [5.41, 5.74) is 4.10. The minimum Gasteiger partial charge on any atom is -0.496 e. The lowest BCUT2D eigenvalue weighted by Crippen LogP contribution is -2.04. The molecule has 1 aromatic carbocycles. The summed E-state index contributed by atoms with van der Waals surface area (Å²) in [6, 6.07) is 3.92. The van der Waals surface area contributed by atoms with Crippen molar-refractivity contribution in [1.29, 1.82) is 0 Å². The highest BCUT2D eigenvalue weighted by Gasteiger charge is 2.20. The lowest BCUT2D eigenvalue weighted by atomic mass is 10.0. The summed E-state index contributed by atoms with van der Waals surface area (Å²) < 4.78 is 21.5. The van der Waals surface area contributed by atoms with Crippen LogP contribution in [0.4, 0.5) is 0 Å². The maximum Gasteiger partial charge on any atom is 0.158 e. The maximum absolute atomic E-state index is 6.49. The molecule has 4 rings (SSSR count). The standard InChI is InChI=1S/C20H21ClN4O4.C2H6.CH4/c1-10-17(11(2)29-25-10)13-7-14-12(8-15(13)27-4)18-19(21)23-16(24-20(18)22-14)9-28-6-5-26-3;1-2;/h7-8H,5-6,9H2,1-4H3,(H,22,23,24);1-2H3;1H4. The van der Waals surface area contributed by atoms with Gasteiger partial charge in [0, 0.05) is 23.6 Å². The minimum atomic E-state index is 0. The number of nitrogens with one attached hydrogen (secondary N) is 1. The average Bonchev–Trinajstić information content (AvgIpc) is 3.30. The number of H-pyrrole nitrogens is 1. The van der Waals surface area contributed by atoms with Crippen LogP contribution in [0.5, 0.6) is 5.75 Å². The first-order chi connectivity index (χ1) is 15.0. The fourth-order valence-electron chi connectivity index (χ4n) is 3.43. The van der Waals surface area contributed by atoms with Crippen molar-refractivity contribution >= 4 is 33.5 Å². The van der Waals surface area contributed by atoms with Crippen molar-refractivity contribution < 1.29 is 18.7 Å². The van der Waals surface area contributed by atoms with Crippen LogP contribution in [0.1, 0.15) is 38.6 Å². The topological polar surface area (TPSA) is 95.3 Å². The van der Waals surface area contributed by atoms with Gasteiger partial charge in [0.1, 0.15) is 28.9 Å². The van der Waals surface area contributed by atoms with Crippen molar-refractivity contribution in [3.8, 4) is 16.9 Å². The third kappa shape index (κ3) is 4.87. The molecule has 0 bridgehead atoms. The van der Waals surface area contributed by atoms with E-state index in [2.05, 4.69) is 20.1 Å². The van der Waals surface area contributed by atoms with Crippen molar-refractivity contribution in [2.45, 2.75) is 41.7 Å². The number of fused-ring (bicyclic) bond motifs is 3. The van der Waals surface area contributed by atoms with Gasteiger partial charge < -0.3 is 23.7 Å². The Morgan fingerprint density at radius 3 is 2.47 bits per heavy atom. The lowest BCUT2D eigenvalue weighted by molar-refractivity contribution is 0.0587. The molecular weight excluding hydrogens is 432 g/mol. The quantitative estimate of drug-likeness (QED) is 0.271. The van der Waals surface area contributed by atoms with Gasteiger partial charge >= 0.3 is 0 Å². The van der Waals surface area contributed by atoms with E-state index in [-0.39, 0.29) is 14.0 Å². The number of nitrogens with zero attached hydrogens (tertiary/aromatic N) is 3. The summed E-state index contributed by atoms with van der Waals surface area (Å²) in [4.78, 5) is 12.3. The van der Waals surface area contributed by atoms with E-state index in [1.165, 1.54) is 0 Å². The van der Waals surface area contributed by atoms with Crippen LogP contribution in [0.15, 0.2) is 16.7 Å². The van der Waals surface area contributed by atoms with Gasteiger partial charge in [0.05, 0.1) is 37.0 Å². The Morgan fingerprint density at radius 1 is 1.09 bits per heavy atom. The van der Waals surface area contributed by atoms with Gasteiger partial charge in [-0.05, 0) is 26.0 Å². The van der Waals surface area contributed by atoms with Crippen LogP contribution in [0.25, 0.3) is 33.1 Å². The molecule has 0 aliphatic carbocycles. The molecule has 0 amide bonds. The molecule has 0 saturated heterocycles. The van der Waals surface area contributed by atoms with Crippen molar-refractivity contribution in [1.82, 2.24) is 20.1 Å². The number of halogens is 1. The first-order valence-electron chi connectivity index (χ1n) is 10.1. The van der Waals surface area contributed by atoms with Gasteiger partial charge in [0.15, 0.2) is 5.82 Å². The van der Waals surface area contributed by atoms with Gasteiger partial charge in [-0.1, -0.05) is 38.0 Å². The predicted octanol–water partition coefficient (Wildman–Crippen LogP) is 5.87. The molecule has 0 fully saturated rings. The van der Waals surface area contributed by atoms with Gasteiger partial charge in [-0.25, -0.2) is 9.97 Å². The Hall–Kier alpha value is -2.68. The summed E-state index contributed by atoms with van der Waals surface area (Å²) in [7, 11) is 3.25. The summed E-state index contributed by atoms with van der Waals surface area (Å²) in [6.07, 6.45) is 0. The van der Waals surface area contributed by atoms with Crippen LogP contribution in [0.3, 0.4) is 0 Å². The second-order valence-corrected chi connectivity index (χ2v) is 6.98. The molecule has 0 radical (unpaired) electrons. The maximum atomic E-state index is 6.49. The van der Waals surface area contributed by atoms with E-state index in [1.807, 2.05) is 39.8 Å². The molecule has 0 aliphatic rings. The van der Waals surface area contributed by atoms with Crippen molar-refractivity contribution in [3.63, 3.8) is 0 Å². The number of hydrogen-bond donors (Lipinski definition) is 1. The molecular formula is C23H31ClN4O4. The highest BCUT2D eigenvalue weighted by atomic mass is 35.5. The molecule has 0 spiro atoms. The summed E-state index contributed by atoms with van der Waals surface area (Å²) >= 11 is 6.49. The van der Waals surface area contributed by atoms with Crippen LogP contribution in [0.2, 0.25) is 5.15 Å². The molecule has 9 heteroatoms. The Morgan fingerprint density at radius 2 is 1.84 bits per heavy atom. The van der Waals surface area contributed by atoms with Gasteiger partial charge in [0.25, 0.3) is 0 Å². The van der Waals surface area contributed by atoms with Crippen molar-refractivity contribution in [3.05, 3.63) is 34.6 Å². The number of methoxy groups -OCH3 is 2. The van der Waals surface area contributed by atoms with Crippen LogP contribution in [0, 0.1) is 13.8 Å². The van der Waals surface area contributed by atoms with E-state index in [0.717, 1.165) is 38.9 Å². The second kappa shape index (κ2) is 11.3. The largest absolute Gasteiger partial charge is 0.496 e. The molecule has 0 unspecified atom stereocenters. The first-order valence-corrected chi connectivity index (χ1v) is 10.5. The molecule has 174 valence electrons. The fraction of sp³-hybridized carbons (Fsp3) is 0.435. The van der Waals surface area contributed by atoms with Crippen LogP contribution in [-0.4, -0.2) is 47.5 Å². The summed E-state index contributed by atoms with van der Waals surface area (Å²) in [6.45, 7) is 9.00. The molecule has 0 aliphatic heterocycles. The second-order valence-electron chi connectivity index (χ2n) is 6.62. The Kier molecular flexibility index (Phi) is 9.00. The normalized spacial score (nSPS) is 10.7. The van der Waals surface area contributed by atoms with E-state index in [9.17, 15) is 0 Å². The first kappa shape index (κ1) is 25.6. The van der Waals surface area contributed by atoms with Crippen LogP contribution < -0.4 is 4.74 Å². The fourth-order valence-corrected chi connectivity index (χ4v) is 3.71. The molecule has 1 N–H and O–H groups in total. The molecule has 4 aromatic rings. The zero-order chi connectivity index (χ0) is 22.5. The zero-order valence-corrected chi connectivity index (χ0v) is 19.4. The summed E-state index contributed by atoms with van der Waals surface area (Å²) in [5.74, 6) is 1.92. The number of ether oxygens (including phenoxy) is 3. The van der Waals surface area contributed by atoms with Gasteiger partial charge in [-0.2, -0.15) is 0 Å². The number of aromatic amines is 1. The van der Waals surface area contributed by atoms with Crippen molar-refractivity contribution in [2.75, 3.05) is 27.4 Å². The van der Waals surface area contributed by atoms with E-state index in [4.69, 9.17) is 30.3 Å². The number of aromatic nitrogens is 4. The molecule has 3 heterocycles. The van der Waals surface area contributed by atoms with Crippen LogP contribution >= 0.6 is 11.6 Å². The highest BCUT2D eigenvalue weighted by Crippen LogP contribution is 2.40. The van der Waals surface area contributed by atoms with Crippen LogP contribution in [-0.2, 0) is 16.1 Å². The SMILES string of the molecule is C.CC.COCCOCc1nc(Cl)c2c(n1)[nH]c1cc(-c3c(C)noc3C)c(OC)cc12. The molecule has 3 aromatic heterocycles. The van der Waals surface area contributed by atoms with E-state index >= 15 is 0 Å². The zero-order valence-electron chi connectivity index (χ0n) is 18.6. The smallest absolute Gasteiger partial charge is 0.158 e. The Labute approximate surface area is 193 Å². The number of benzene rings is 1. The van der Waals surface area contributed by atoms with E-state index in [1.54, 1.807) is 14.2 Å². The van der Waals surface area contributed by atoms with E-state index < -0.39 is 0 Å². The Balaban J connectivity index is 0.00000118. The number of hydrogen-bond acceptors (Lipinski definition) is 7. The Bertz CT molecular complexity index is 1170. The predicted molar refractivity (Wildman–Crippen MR) is 128 cm³/mol. The minimum absolute atomic E-state index is 0. The van der Waals surface area contributed by atoms with E-state index in [0.29, 0.717) is 35.6 Å². The monoisotopic (exact) mass is 462 g/mol. The van der Waals surface area contributed by atoms with Crippen molar-refractivity contribution in [2.24, 2.45) is 0 Å². The molecule has 8 nitrogen and oxygen atoms in total. The molecule has 0 saturated carbocycles. The number of aryl methyl sites for hydroxylation is 2. The third-order valence-electron chi connectivity index (χ3n) is 4.74. The van der Waals surface area contributed by atoms with Gasteiger partial charge in [-0.15, -0.1) is 0 Å². The highest BCUT2D eigenvalue weighted by molar-refractivity contribution is 6.36. The lowest BCUT2D eigenvalue weighted by Gasteiger charge is -2.09. The number of rotatable bonds is 7. The average molecular weight is 463 g/mol. The third-order valence-corrected chi connectivity index (χ3v) is 5.01. The summed E-state index contributed by atoms with van der Waals surface area (Å²) in [5, 5.41) is 6.03. The molecule has 32 heavy (non-hydrogen) atoms. The van der Waals surface area contributed by atoms with Gasteiger partial charge in [-0.3, -0.25) is 0 Å².